The van der Waals surface area contributed by atoms with Gasteiger partial charge in [-0.15, -0.1) is 0 Å². The molecule has 2 aromatic carbocycles. The Balaban J connectivity index is 1.97. The van der Waals surface area contributed by atoms with Crippen molar-refractivity contribution < 1.29 is 14.4 Å². The van der Waals surface area contributed by atoms with Crippen LogP contribution in [0.1, 0.15) is 10.4 Å². The number of nitrogens with zero attached hydrogens (tertiary/aromatic N) is 1. The van der Waals surface area contributed by atoms with Crippen LogP contribution in [-0.4, -0.2) is 24.6 Å². The Hall–Kier alpha value is -2.66. The van der Waals surface area contributed by atoms with Gasteiger partial charge in [-0.25, -0.2) is 0 Å². The van der Waals surface area contributed by atoms with E-state index in [1.54, 1.807) is 48.5 Å². The third kappa shape index (κ3) is 2.59. The van der Waals surface area contributed by atoms with Crippen molar-refractivity contribution in [1.82, 2.24) is 0 Å². The zero-order valence-electron chi connectivity index (χ0n) is 12.2. The molecule has 5 nitrogen and oxygen atoms in total. The van der Waals surface area contributed by atoms with Crippen LogP contribution >= 0.6 is 11.6 Å². The van der Waals surface area contributed by atoms with E-state index in [4.69, 9.17) is 11.6 Å². The second-order valence-corrected chi connectivity index (χ2v) is 5.59. The van der Waals surface area contributed by atoms with Crippen molar-refractivity contribution in [3.63, 3.8) is 0 Å². The summed E-state index contributed by atoms with van der Waals surface area (Å²) in [5.41, 5.74) is 1.13. The van der Waals surface area contributed by atoms with Crippen LogP contribution in [0.4, 0.5) is 11.4 Å². The third-order valence-corrected chi connectivity index (χ3v) is 4.06. The Morgan fingerprint density at radius 2 is 1.78 bits per heavy atom. The summed E-state index contributed by atoms with van der Waals surface area (Å²) < 4.78 is 0. The average Bonchev–Trinajstić information content (AvgIpc) is 2.53. The van der Waals surface area contributed by atoms with Gasteiger partial charge in [-0.2, -0.15) is 0 Å². The summed E-state index contributed by atoms with van der Waals surface area (Å²) >= 11 is 6.09. The highest BCUT2D eigenvalue weighted by Gasteiger charge is 2.43. The number of amides is 2. The number of fused-ring (bicyclic) bond motifs is 1. The quantitative estimate of drug-likeness (QED) is 0.862. The summed E-state index contributed by atoms with van der Waals surface area (Å²) in [5, 5.41) is 2.82. The van der Waals surface area contributed by atoms with E-state index in [2.05, 4.69) is 5.32 Å². The summed E-state index contributed by atoms with van der Waals surface area (Å²) in [5.74, 6) is -3.25. The Bertz CT molecular complexity index is 805. The first-order valence-corrected chi connectivity index (χ1v) is 7.34. The molecule has 3 rings (SSSR count). The molecule has 6 heteroatoms. The van der Waals surface area contributed by atoms with Gasteiger partial charge < -0.3 is 10.2 Å². The largest absolute Gasteiger partial charge is 0.325 e. The fourth-order valence-corrected chi connectivity index (χ4v) is 2.83. The lowest BCUT2D eigenvalue weighted by atomic mass is 9.89. The zero-order valence-corrected chi connectivity index (χ0v) is 13.0. The predicted octanol–water partition coefficient (Wildman–Crippen LogP) is 2.75. The van der Waals surface area contributed by atoms with Crippen LogP contribution in [0.5, 0.6) is 0 Å². The molecule has 0 saturated carbocycles. The number of carbonyl (C=O) groups excluding carboxylic acids is 3. The van der Waals surface area contributed by atoms with Gasteiger partial charge in [0.2, 0.25) is 11.8 Å². The second kappa shape index (κ2) is 5.85. The number of halogens is 1. The number of ketones is 1. The van der Waals surface area contributed by atoms with Crippen LogP contribution in [0.25, 0.3) is 0 Å². The third-order valence-electron chi connectivity index (χ3n) is 3.74. The first kappa shape index (κ1) is 15.2. The van der Waals surface area contributed by atoms with Crippen molar-refractivity contribution in [3.8, 4) is 0 Å². The molecule has 0 bridgehead atoms. The molecule has 0 aromatic heterocycles. The normalized spacial score (nSPS) is 17.0. The first-order valence-electron chi connectivity index (χ1n) is 6.97. The Labute approximate surface area is 137 Å². The molecule has 1 heterocycles. The summed E-state index contributed by atoms with van der Waals surface area (Å²) in [6.07, 6.45) is 0. The highest BCUT2D eigenvalue weighted by molar-refractivity contribution is 6.40. The van der Waals surface area contributed by atoms with Crippen molar-refractivity contribution >= 4 is 40.6 Å². The summed E-state index contributed by atoms with van der Waals surface area (Å²) in [6, 6.07) is 13.5. The molecule has 1 atom stereocenters. The Morgan fingerprint density at radius 3 is 2.48 bits per heavy atom. The van der Waals surface area contributed by atoms with E-state index in [9.17, 15) is 14.4 Å². The molecule has 1 aliphatic heterocycles. The van der Waals surface area contributed by atoms with E-state index in [1.807, 2.05) is 0 Å². The molecular weight excluding hydrogens is 316 g/mol. The molecule has 116 valence electrons. The number of Topliss-reactive ketones (excluding diaryl/α,β-unsaturated/α-hetero) is 1. The molecule has 0 fully saturated rings. The SMILES string of the molecule is CN1C(=O)C(C(=O)Nc2ccccc2)C(=O)c2c(Cl)cccc21. The van der Waals surface area contributed by atoms with Gasteiger partial charge in [-0.3, -0.25) is 14.4 Å². The van der Waals surface area contributed by atoms with Gasteiger partial charge in [0.15, 0.2) is 11.7 Å². The molecule has 2 aromatic rings. The topological polar surface area (TPSA) is 66.5 Å². The smallest absolute Gasteiger partial charge is 0.247 e. The molecule has 1 aliphatic rings. The van der Waals surface area contributed by atoms with Gasteiger partial charge in [0.1, 0.15) is 0 Å². The molecule has 1 unspecified atom stereocenters. The average molecular weight is 329 g/mol. The molecule has 0 radical (unpaired) electrons. The number of benzene rings is 2. The minimum absolute atomic E-state index is 0.199. The van der Waals surface area contributed by atoms with E-state index >= 15 is 0 Å². The maximum Gasteiger partial charge on any atom is 0.247 e. The lowest BCUT2D eigenvalue weighted by Crippen LogP contribution is -2.48. The van der Waals surface area contributed by atoms with Gasteiger partial charge in [0.05, 0.1) is 16.3 Å². The Morgan fingerprint density at radius 1 is 1.09 bits per heavy atom. The number of anilines is 2. The zero-order chi connectivity index (χ0) is 16.6. The van der Waals surface area contributed by atoms with E-state index in [-0.39, 0.29) is 10.6 Å². The number of carbonyl (C=O) groups is 3. The molecule has 23 heavy (non-hydrogen) atoms. The van der Waals surface area contributed by atoms with Crippen LogP contribution in [0.3, 0.4) is 0 Å². The number of rotatable bonds is 2. The first-order chi connectivity index (χ1) is 11.0. The second-order valence-electron chi connectivity index (χ2n) is 5.18. The molecule has 0 spiro atoms. The number of nitrogens with one attached hydrogen (secondary N) is 1. The van der Waals surface area contributed by atoms with Crippen molar-refractivity contribution in [3.05, 3.63) is 59.1 Å². The van der Waals surface area contributed by atoms with Gasteiger partial charge in [-0.05, 0) is 24.3 Å². The monoisotopic (exact) mass is 328 g/mol. The van der Waals surface area contributed by atoms with Crippen LogP contribution in [-0.2, 0) is 9.59 Å². The predicted molar refractivity (Wildman–Crippen MR) is 87.8 cm³/mol. The van der Waals surface area contributed by atoms with Crippen LogP contribution in [0, 0.1) is 5.92 Å². The van der Waals surface area contributed by atoms with E-state index in [0.717, 1.165) is 0 Å². The lowest BCUT2D eigenvalue weighted by Gasteiger charge is -2.30. The summed E-state index contributed by atoms with van der Waals surface area (Å²) in [6.45, 7) is 0. The molecule has 0 saturated heterocycles. The van der Waals surface area contributed by atoms with Crippen molar-refractivity contribution in [1.29, 1.82) is 0 Å². The summed E-state index contributed by atoms with van der Waals surface area (Å²) in [4.78, 5) is 38.8. The number of hydrogen-bond acceptors (Lipinski definition) is 3. The minimum atomic E-state index is -1.44. The Kier molecular flexibility index (Phi) is 3.88. The highest BCUT2D eigenvalue weighted by atomic mass is 35.5. The van der Waals surface area contributed by atoms with Crippen molar-refractivity contribution in [2.24, 2.45) is 5.92 Å². The molecule has 1 N–H and O–H groups in total. The van der Waals surface area contributed by atoms with Gasteiger partial charge in [-0.1, -0.05) is 35.9 Å². The lowest BCUT2D eigenvalue weighted by molar-refractivity contribution is -0.128. The van der Waals surface area contributed by atoms with E-state index < -0.39 is 23.5 Å². The fourth-order valence-electron chi connectivity index (χ4n) is 2.57. The molecular formula is C17H13ClN2O3. The van der Waals surface area contributed by atoms with Gasteiger partial charge >= 0.3 is 0 Å². The maximum atomic E-state index is 12.6. The highest BCUT2D eigenvalue weighted by Crippen LogP contribution is 2.34. The van der Waals surface area contributed by atoms with Crippen molar-refractivity contribution in [2.45, 2.75) is 0 Å². The molecule has 2 amide bonds. The standard InChI is InChI=1S/C17H13ClN2O3/c1-20-12-9-5-8-11(18)13(12)15(21)14(17(20)23)16(22)19-10-6-3-2-4-7-10/h2-9,14H,1H3,(H,19,22). The molecule has 0 aliphatic carbocycles. The number of para-hydroxylation sites is 1. The van der Waals surface area contributed by atoms with Crippen LogP contribution < -0.4 is 10.2 Å². The van der Waals surface area contributed by atoms with Crippen LogP contribution in [0.15, 0.2) is 48.5 Å². The summed E-state index contributed by atoms with van der Waals surface area (Å²) in [7, 11) is 1.52. The van der Waals surface area contributed by atoms with Crippen LogP contribution in [0.2, 0.25) is 5.02 Å². The number of hydrogen-bond donors (Lipinski definition) is 1. The maximum absolute atomic E-state index is 12.6. The fraction of sp³-hybridized carbons (Fsp3) is 0.118. The minimum Gasteiger partial charge on any atom is -0.325 e. The van der Waals surface area contributed by atoms with E-state index in [0.29, 0.717) is 11.4 Å². The van der Waals surface area contributed by atoms with E-state index in [1.165, 1.54) is 11.9 Å². The van der Waals surface area contributed by atoms with Crippen molar-refractivity contribution in [2.75, 3.05) is 17.3 Å². The van der Waals surface area contributed by atoms with Gasteiger partial charge in [0.25, 0.3) is 0 Å². The van der Waals surface area contributed by atoms with Gasteiger partial charge in [0, 0.05) is 12.7 Å².